The molecule has 0 aromatic heterocycles. The minimum Gasteiger partial charge on any atom is -0.399 e. The lowest BCUT2D eigenvalue weighted by Gasteiger charge is -2.34. The molecule has 1 aliphatic heterocycles. The molecule has 2 aromatic rings. The van der Waals surface area contributed by atoms with Gasteiger partial charge in [0.25, 0.3) is 0 Å². The molecule has 1 unspecified atom stereocenters. The summed E-state index contributed by atoms with van der Waals surface area (Å²) in [6, 6.07) is 15.3. The van der Waals surface area contributed by atoms with E-state index in [-0.39, 0.29) is 10.9 Å². The number of rotatable bonds is 5. The molecule has 6 nitrogen and oxygen atoms in total. The van der Waals surface area contributed by atoms with Crippen LogP contribution in [-0.2, 0) is 16.6 Å². The predicted molar refractivity (Wildman–Crippen MR) is 101 cm³/mol. The summed E-state index contributed by atoms with van der Waals surface area (Å²) in [7, 11) is -3.82. The molecule has 0 spiro atoms. The first-order valence-electron chi connectivity index (χ1n) is 8.37. The molecule has 1 aliphatic rings. The first kappa shape index (κ1) is 17.7. The highest BCUT2D eigenvalue weighted by Gasteiger charge is 2.22. The molecule has 0 amide bonds. The second-order valence-corrected chi connectivity index (χ2v) is 8.03. The molecule has 1 fully saturated rings. The average Bonchev–Trinajstić information content (AvgIpc) is 2.57. The van der Waals surface area contributed by atoms with E-state index in [0.717, 1.165) is 32.5 Å². The molecule has 1 atom stereocenters. The smallest absolute Gasteiger partial charge is 0.240 e. The van der Waals surface area contributed by atoms with Gasteiger partial charge in [0, 0.05) is 24.8 Å². The summed E-state index contributed by atoms with van der Waals surface area (Å²) >= 11 is 0. The minimum absolute atomic E-state index is 0.0488. The molecule has 0 aliphatic carbocycles. The van der Waals surface area contributed by atoms with E-state index in [1.807, 2.05) is 18.2 Å². The fourth-order valence-corrected chi connectivity index (χ4v) is 4.01. The third-order valence-electron chi connectivity index (χ3n) is 4.43. The Hall–Kier alpha value is -2.09. The van der Waals surface area contributed by atoms with Crippen molar-refractivity contribution in [3.8, 4) is 0 Å². The Labute approximate surface area is 148 Å². The SMILES string of the molecule is Nc1ccc(NC2CCCN(Cc3ccccc3)C2)c(S(N)(=O)=O)c1. The van der Waals surface area contributed by atoms with Crippen LogP contribution in [0, 0.1) is 0 Å². The topological polar surface area (TPSA) is 101 Å². The molecule has 25 heavy (non-hydrogen) atoms. The molecule has 2 aromatic carbocycles. The number of nitrogens with one attached hydrogen (secondary N) is 1. The average molecular weight is 360 g/mol. The Bertz CT molecular complexity index is 824. The highest BCUT2D eigenvalue weighted by molar-refractivity contribution is 7.89. The van der Waals surface area contributed by atoms with Gasteiger partial charge < -0.3 is 11.1 Å². The Morgan fingerprint density at radius 3 is 2.64 bits per heavy atom. The molecule has 3 rings (SSSR count). The van der Waals surface area contributed by atoms with Gasteiger partial charge in [0.2, 0.25) is 10.0 Å². The summed E-state index contributed by atoms with van der Waals surface area (Å²) in [4.78, 5) is 2.43. The first-order chi connectivity index (χ1) is 11.9. The minimum atomic E-state index is -3.82. The van der Waals surface area contributed by atoms with Crippen LogP contribution in [0.15, 0.2) is 53.4 Å². The van der Waals surface area contributed by atoms with Crippen molar-refractivity contribution in [3.63, 3.8) is 0 Å². The summed E-state index contributed by atoms with van der Waals surface area (Å²) in [6.07, 6.45) is 2.05. The lowest BCUT2D eigenvalue weighted by atomic mass is 10.0. The van der Waals surface area contributed by atoms with Gasteiger partial charge in [-0.3, -0.25) is 4.90 Å². The largest absolute Gasteiger partial charge is 0.399 e. The fourth-order valence-electron chi connectivity index (χ4n) is 3.27. The van der Waals surface area contributed by atoms with Gasteiger partial charge in [-0.25, -0.2) is 13.6 Å². The lowest BCUT2D eigenvalue weighted by molar-refractivity contribution is 0.208. The zero-order valence-electron chi connectivity index (χ0n) is 14.1. The van der Waals surface area contributed by atoms with Gasteiger partial charge in [0.1, 0.15) is 4.90 Å². The number of nitrogens with zero attached hydrogens (tertiary/aromatic N) is 1. The van der Waals surface area contributed by atoms with Gasteiger partial charge in [0.05, 0.1) is 5.69 Å². The summed E-state index contributed by atoms with van der Waals surface area (Å²) in [5, 5.41) is 8.67. The van der Waals surface area contributed by atoms with E-state index in [4.69, 9.17) is 10.9 Å². The van der Waals surface area contributed by atoms with Crippen molar-refractivity contribution in [2.24, 2.45) is 5.14 Å². The molecule has 7 heteroatoms. The molecule has 1 heterocycles. The molecule has 0 radical (unpaired) electrons. The Balaban J connectivity index is 1.71. The van der Waals surface area contributed by atoms with E-state index in [1.165, 1.54) is 11.6 Å². The van der Waals surface area contributed by atoms with E-state index in [1.54, 1.807) is 12.1 Å². The van der Waals surface area contributed by atoms with Gasteiger partial charge >= 0.3 is 0 Å². The van der Waals surface area contributed by atoms with E-state index < -0.39 is 10.0 Å². The number of hydrogen-bond acceptors (Lipinski definition) is 5. The van der Waals surface area contributed by atoms with Gasteiger partial charge in [-0.15, -0.1) is 0 Å². The van der Waals surface area contributed by atoms with E-state index in [2.05, 4.69) is 22.3 Å². The lowest BCUT2D eigenvalue weighted by Crippen LogP contribution is -2.41. The van der Waals surface area contributed by atoms with Gasteiger partial charge in [-0.2, -0.15) is 0 Å². The van der Waals surface area contributed by atoms with Crippen LogP contribution in [0.2, 0.25) is 0 Å². The van der Waals surface area contributed by atoms with Crippen LogP contribution in [0.1, 0.15) is 18.4 Å². The molecule has 1 saturated heterocycles. The predicted octanol–water partition coefficient (Wildman–Crippen LogP) is 1.99. The Morgan fingerprint density at radius 2 is 1.92 bits per heavy atom. The van der Waals surface area contributed by atoms with Crippen LogP contribution in [0.25, 0.3) is 0 Å². The van der Waals surface area contributed by atoms with Crippen LogP contribution < -0.4 is 16.2 Å². The van der Waals surface area contributed by atoms with E-state index in [0.29, 0.717) is 11.4 Å². The molecule has 5 N–H and O–H groups in total. The number of likely N-dealkylation sites (tertiary alicyclic amines) is 1. The maximum absolute atomic E-state index is 11.8. The standard InChI is InChI=1S/C18H24N4O2S/c19-15-8-9-17(18(11-15)25(20,23)24)21-16-7-4-10-22(13-16)12-14-5-2-1-3-6-14/h1-3,5-6,8-9,11,16,21H,4,7,10,12-13,19H2,(H2,20,23,24). The number of sulfonamides is 1. The number of piperidine rings is 1. The van der Waals surface area contributed by atoms with Crippen molar-refractivity contribution in [1.29, 1.82) is 0 Å². The van der Waals surface area contributed by atoms with Crippen molar-refractivity contribution < 1.29 is 8.42 Å². The zero-order valence-corrected chi connectivity index (χ0v) is 14.9. The number of benzene rings is 2. The monoisotopic (exact) mass is 360 g/mol. The second kappa shape index (κ2) is 7.43. The maximum Gasteiger partial charge on any atom is 0.240 e. The summed E-state index contributed by atoms with van der Waals surface area (Å²) in [5.41, 5.74) is 7.88. The third-order valence-corrected chi connectivity index (χ3v) is 5.38. The number of anilines is 2. The van der Waals surface area contributed by atoms with Crippen LogP contribution in [-0.4, -0.2) is 32.4 Å². The maximum atomic E-state index is 11.8. The Kier molecular flexibility index (Phi) is 5.27. The quantitative estimate of drug-likeness (QED) is 0.708. The molecular weight excluding hydrogens is 336 g/mol. The third kappa shape index (κ3) is 4.72. The number of hydrogen-bond donors (Lipinski definition) is 3. The number of nitrogen functional groups attached to an aromatic ring is 1. The van der Waals surface area contributed by atoms with Crippen molar-refractivity contribution >= 4 is 21.4 Å². The second-order valence-electron chi connectivity index (χ2n) is 6.50. The van der Waals surface area contributed by atoms with Crippen molar-refractivity contribution in [2.75, 3.05) is 24.1 Å². The van der Waals surface area contributed by atoms with Gasteiger partial charge in [0.15, 0.2) is 0 Å². The van der Waals surface area contributed by atoms with Crippen LogP contribution in [0.5, 0.6) is 0 Å². The first-order valence-corrected chi connectivity index (χ1v) is 9.91. The summed E-state index contributed by atoms with van der Waals surface area (Å²) in [6.45, 7) is 2.78. The van der Waals surface area contributed by atoms with Crippen LogP contribution in [0.4, 0.5) is 11.4 Å². The Morgan fingerprint density at radius 1 is 1.16 bits per heavy atom. The van der Waals surface area contributed by atoms with Crippen LogP contribution >= 0.6 is 0 Å². The zero-order chi connectivity index (χ0) is 17.9. The highest BCUT2D eigenvalue weighted by atomic mass is 32.2. The van der Waals surface area contributed by atoms with Crippen LogP contribution in [0.3, 0.4) is 0 Å². The molecule has 0 saturated carbocycles. The fraction of sp³-hybridized carbons (Fsp3) is 0.333. The van der Waals surface area contributed by atoms with Crippen molar-refractivity contribution in [3.05, 3.63) is 54.1 Å². The van der Waals surface area contributed by atoms with Crippen molar-refractivity contribution in [1.82, 2.24) is 4.90 Å². The van der Waals surface area contributed by atoms with Gasteiger partial charge in [-0.05, 0) is 43.1 Å². The van der Waals surface area contributed by atoms with Gasteiger partial charge in [-0.1, -0.05) is 30.3 Å². The summed E-state index contributed by atoms with van der Waals surface area (Å²) in [5.74, 6) is 0. The number of nitrogens with two attached hydrogens (primary N) is 2. The highest BCUT2D eigenvalue weighted by Crippen LogP contribution is 2.25. The normalized spacial score (nSPS) is 18.8. The summed E-state index contributed by atoms with van der Waals surface area (Å²) < 4.78 is 23.6. The van der Waals surface area contributed by atoms with E-state index >= 15 is 0 Å². The van der Waals surface area contributed by atoms with E-state index in [9.17, 15) is 8.42 Å². The van der Waals surface area contributed by atoms with Crippen molar-refractivity contribution in [2.45, 2.75) is 30.3 Å². The molecular formula is C18H24N4O2S. The number of primary sulfonamides is 1. The molecule has 0 bridgehead atoms. The molecule has 134 valence electrons.